The number of nitriles is 1. The first-order chi connectivity index (χ1) is 6.38. The monoisotopic (exact) mass is 379 g/mol. The molecule has 0 radical (unpaired) electrons. The van der Waals surface area contributed by atoms with E-state index in [9.17, 15) is 0 Å². The maximum Gasteiger partial charge on any atom is 0.0788 e. The minimum atomic E-state index is -0.502. The maximum atomic E-state index is 9.06. The lowest BCUT2D eigenvalue weighted by Crippen LogP contribution is -2.15. The van der Waals surface area contributed by atoms with E-state index in [-0.39, 0.29) is 0 Å². The molecule has 0 aliphatic heterocycles. The zero-order chi connectivity index (χ0) is 10.9. The zero-order valence-electron chi connectivity index (χ0n) is 7.74. The van der Waals surface area contributed by atoms with E-state index in [1.54, 1.807) is 0 Å². The second-order valence-corrected chi connectivity index (χ2v) is 6.11. The molecular formula is C10H8Br3N. The Hall–Kier alpha value is 0.150. The Morgan fingerprint density at radius 3 is 1.93 bits per heavy atom. The number of nitrogens with zero attached hydrogens (tertiary/aromatic N) is 1. The molecule has 74 valence electrons. The van der Waals surface area contributed by atoms with Gasteiger partial charge in [0, 0.05) is 19.0 Å². The van der Waals surface area contributed by atoms with Crippen molar-refractivity contribution >= 4 is 47.8 Å². The number of benzene rings is 1. The predicted octanol–water partition coefficient (Wildman–Crippen LogP) is 4.78. The quantitative estimate of drug-likeness (QED) is 0.687. The highest BCUT2D eigenvalue weighted by molar-refractivity contribution is 9.11. The predicted molar refractivity (Wildman–Crippen MR) is 68.2 cm³/mol. The summed E-state index contributed by atoms with van der Waals surface area (Å²) in [6, 6.07) is 6.17. The topological polar surface area (TPSA) is 23.8 Å². The highest BCUT2D eigenvalue weighted by Crippen LogP contribution is 2.37. The highest BCUT2D eigenvalue weighted by atomic mass is 79.9. The molecule has 0 saturated heterocycles. The lowest BCUT2D eigenvalue weighted by Gasteiger charge is -2.19. The first-order valence-electron chi connectivity index (χ1n) is 3.95. The smallest absolute Gasteiger partial charge is 0.0788 e. The SMILES string of the molecule is CC(C)(C#N)c1c(Br)cc(Br)cc1Br. The van der Waals surface area contributed by atoms with E-state index in [0.717, 1.165) is 19.0 Å². The number of rotatable bonds is 1. The first-order valence-corrected chi connectivity index (χ1v) is 6.32. The van der Waals surface area contributed by atoms with Crippen molar-refractivity contribution in [2.24, 2.45) is 0 Å². The van der Waals surface area contributed by atoms with E-state index in [2.05, 4.69) is 53.9 Å². The second-order valence-electron chi connectivity index (χ2n) is 3.48. The maximum absolute atomic E-state index is 9.06. The van der Waals surface area contributed by atoms with E-state index < -0.39 is 5.41 Å². The average molecular weight is 382 g/mol. The molecule has 0 aromatic heterocycles. The summed E-state index contributed by atoms with van der Waals surface area (Å²) in [4.78, 5) is 0. The fourth-order valence-electron chi connectivity index (χ4n) is 1.20. The minimum Gasteiger partial charge on any atom is -0.197 e. The van der Waals surface area contributed by atoms with Gasteiger partial charge in [0.1, 0.15) is 0 Å². The van der Waals surface area contributed by atoms with Gasteiger partial charge in [0.25, 0.3) is 0 Å². The molecule has 0 atom stereocenters. The molecule has 0 bridgehead atoms. The van der Waals surface area contributed by atoms with E-state index in [4.69, 9.17) is 5.26 Å². The van der Waals surface area contributed by atoms with Crippen molar-refractivity contribution in [1.29, 1.82) is 5.26 Å². The van der Waals surface area contributed by atoms with Crippen LogP contribution in [0.2, 0.25) is 0 Å². The third-order valence-corrected chi connectivity index (χ3v) is 3.62. The Kier molecular flexibility index (Phi) is 3.79. The molecule has 1 aromatic rings. The van der Waals surface area contributed by atoms with Gasteiger partial charge in [-0.05, 0) is 26.0 Å². The Balaban J connectivity index is 3.44. The molecule has 0 N–H and O–H groups in total. The molecule has 0 aliphatic rings. The summed E-state index contributed by atoms with van der Waals surface area (Å²) in [6.45, 7) is 3.79. The van der Waals surface area contributed by atoms with Gasteiger partial charge in [-0.3, -0.25) is 0 Å². The van der Waals surface area contributed by atoms with Gasteiger partial charge in [0.15, 0.2) is 0 Å². The Morgan fingerprint density at radius 1 is 1.14 bits per heavy atom. The van der Waals surface area contributed by atoms with Crippen LogP contribution in [0.4, 0.5) is 0 Å². The van der Waals surface area contributed by atoms with Crippen LogP contribution >= 0.6 is 47.8 Å². The summed E-state index contributed by atoms with van der Waals surface area (Å²) in [5.41, 5.74) is 0.474. The first kappa shape index (κ1) is 12.2. The molecule has 0 fully saturated rings. The summed E-state index contributed by atoms with van der Waals surface area (Å²) in [6.07, 6.45) is 0. The standard InChI is InChI=1S/C10H8Br3N/c1-10(2,5-14)9-7(12)3-6(11)4-8(9)13/h3-4H,1-2H3. The van der Waals surface area contributed by atoms with Gasteiger partial charge in [-0.15, -0.1) is 0 Å². The van der Waals surface area contributed by atoms with Crippen LogP contribution in [0.3, 0.4) is 0 Å². The van der Waals surface area contributed by atoms with Crippen molar-refractivity contribution in [3.8, 4) is 6.07 Å². The Labute approximate surface area is 109 Å². The molecular weight excluding hydrogens is 374 g/mol. The molecule has 0 unspecified atom stereocenters. The van der Waals surface area contributed by atoms with Crippen molar-refractivity contribution in [1.82, 2.24) is 0 Å². The molecule has 0 saturated carbocycles. The lowest BCUT2D eigenvalue weighted by atomic mass is 9.86. The van der Waals surface area contributed by atoms with Gasteiger partial charge in [0.05, 0.1) is 11.5 Å². The van der Waals surface area contributed by atoms with Crippen LogP contribution < -0.4 is 0 Å². The van der Waals surface area contributed by atoms with E-state index in [0.29, 0.717) is 0 Å². The molecule has 0 amide bonds. The number of hydrogen-bond acceptors (Lipinski definition) is 1. The fourth-order valence-corrected chi connectivity index (χ4v) is 4.45. The van der Waals surface area contributed by atoms with E-state index >= 15 is 0 Å². The van der Waals surface area contributed by atoms with Gasteiger partial charge in [-0.2, -0.15) is 5.26 Å². The molecule has 1 nitrogen and oxygen atoms in total. The third kappa shape index (κ3) is 2.39. The zero-order valence-corrected chi connectivity index (χ0v) is 12.5. The molecule has 14 heavy (non-hydrogen) atoms. The third-order valence-electron chi connectivity index (χ3n) is 1.91. The highest BCUT2D eigenvalue weighted by Gasteiger charge is 2.25. The van der Waals surface area contributed by atoms with Crippen LogP contribution in [-0.2, 0) is 5.41 Å². The van der Waals surface area contributed by atoms with Gasteiger partial charge >= 0.3 is 0 Å². The van der Waals surface area contributed by atoms with Crippen LogP contribution in [0.1, 0.15) is 19.4 Å². The molecule has 4 heteroatoms. The fraction of sp³-hybridized carbons (Fsp3) is 0.300. The van der Waals surface area contributed by atoms with E-state index in [1.165, 1.54) is 0 Å². The van der Waals surface area contributed by atoms with Gasteiger partial charge in [-0.25, -0.2) is 0 Å². The molecule has 0 spiro atoms. The largest absolute Gasteiger partial charge is 0.197 e. The molecule has 1 aromatic carbocycles. The summed E-state index contributed by atoms with van der Waals surface area (Å²) in [7, 11) is 0. The van der Waals surface area contributed by atoms with Gasteiger partial charge in [-0.1, -0.05) is 47.8 Å². The summed E-state index contributed by atoms with van der Waals surface area (Å²) in [5.74, 6) is 0. The molecule has 0 heterocycles. The number of hydrogen-bond donors (Lipinski definition) is 0. The van der Waals surface area contributed by atoms with Crippen molar-refractivity contribution in [2.75, 3.05) is 0 Å². The van der Waals surface area contributed by atoms with Gasteiger partial charge < -0.3 is 0 Å². The van der Waals surface area contributed by atoms with Crippen molar-refractivity contribution in [2.45, 2.75) is 19.3 Å². The van der Waals surface area contributed by atoms with Crippen LogP contribution in [0.25, 0.3) is 0 Å². The Bertz CT molecular complexity index is 381. The normalized spacial score (nSPS) is 11.1. The van der Waals surface area contributed by atoms with Gasteiger partial charge in [0.2, 0.25) is 0 Å². The van der Waals surface area contributed by atoms with Crippen LogP contribution in [-0.4, -0.2) is 0 Å². The van der Waals surface area contributed by atoms with Crippen LogP contribution in [0.5, 0.6) is 0 Å². The average Bonchev–Trinajstić information content (AvgIpc) is 2.01. The summed E-state index contributed by atoms with van der Waals surface area (Å²) < 4.78 is 2.85. The lowest BCUT2D eigenvalue weighted by molar-refractivity contribution is 0.679. The van der Waals surface area contributed by atoms with Crippen LogP contribution in [0.15, 0.2) is 25.6 Å². The minimum absolute atomic E-state index is 0.502. The van der Waals surface area contributed by atoms with Crippen LogP contribution in [0, 0.1) is 11.3 Å². The molecule has 0 aliphatic carbocycles. The summed E-state index contributed by atoms with van der Waals surface area (Å²) >= 11 is 10.3. The van der Waals surface area contributed by atoms with Crippen molar-refractivity contribution in [3.05, 3.63) is 31.1 Å². The van der Waals surface area contributed by atoms with Crippen molar-refractivity contribution < 1.29 is 0 Å². The van der Waals surface area contributed by atoms with E-state index in [1.807, 2.05) is 26.0 Å². The second kappa shape index (κ2) is 4.34. The Morgan fingerprint density at radius 2 is 1.57 bits per heavy atom. The van der Waals surface area contributed by atoms with Crippen molar-refractivity contribution in [3.63, 3.8) is 0 Å². The number of halogens is 3. The summed E-state index contributed by atoms with van der Waals surface area (Å²) in [5, 5.41) is 9.06. The molecule has 1 rings (SSSR count).